The second kappa shape index (κ2) is 14.9. The molecule has 3 aromatic rings. The first-order chi connectivity index (χ1) is 22.5. The summed E-state index contributed by atoms with van der Waals surface area (Å²) in [5.74, 6) is 1.32. The van der Waals surface area contributed by atoms with Gasteiger partial charge in [0.05, 0.1) is 19.0 Å². The monoisotopic (exact) mass is 650 g/mol. The lowest BCUT2D eigenvalue weighted by atomic mass is 9.98. The second-order valence-electron chi connectivity index (χ2n) is 12.8. The smallest absolute Gasteiger partial charge is 0.435 e. The first-order valence-corrected chi connectivity index (χ1v) is 15.8. The average Bonchev–Trinajstić information content (AvgIpc) is 3.74. The molecule has 2 aromatic heterocycles. The van der Waals surface area contributed by atoms with E-state index in [1.165, 1.54) is 30.7 Å². The molecule has 1 aliphatic heterocycles. The van der Waals surface area contributed by atoms with Crippen LogP contribution in [0.25, 0.3) is 0 Å². The minimum Gasteiger partial charge on any atom is -0.488 e. The number of hydrogen-bond acceptors (Lipinski definition) is 11. The maximum atomic E-state index is 13.4. The Bertz CT molecular complexity index is 1540. The van der Waals surface area contributed by atoms with Gasteiger partial charge < -0.3 is 29.0 Å². The number of aromatic nitrogens is 4. The molecule has 0 radical (unpaired) electrons. The van der Waals surface area contributed by atoms with Gasteiger partial charge in [-0.15, -0.1) is 5.10 Å². The number of ether oxygens (including phenoxy) is 5. The van der Waals surface area contributed by atoms with Crippen LogP contribution in [0.15, 0.2) is 42.9 Å². The van der Waals surface area contributed by atoms with E-state index in [1.54, 1.807) is 44.9 Å². The average molecular weight is 651 g/mol. The highest BCUT2D eigenvalue weighted by atomic mass is 16.6. The van der Waals surface area contributed by atoms with Gasteiger partial charge >= 0.3 is 6.09 Å². The number of carbonyl (C=O) groups is 3. The molecule has 252 valence electrons. The standard InChI is InChI=1S/C33H42N6O8/c1-21(20-43-5)45-25-14-24(30(40)36-27-8-11-39(37-27)32(42)47-33(2,3)4)15-26(16-25)46-29-18-34-28(17-35-29)38(19-22-6-7-22)31(41)23-9-12-44-13-10-23/h8,11,14-18,21-23H,6-7,9-10,12-13,19-20H2,1-5H3,(H,36,37,40)/t21-/m0/s1. The van der Waals surface area contributed by atoms with E-state index >= 15 is 0 Å². The number of nitrogens with one attached hydrogen (secondary N) is 1. The fraction of sp³-hybridized carbons (Fsp3) is 0.515. The molecule has 14 nitrogen and oxygen atoms in total. The van der Waals surface area contributed by atoms with Crippen molar-refractivity contribution in [3.8, 4) is 17.4 Å². The van der Waals surface area contributed by atoms with Gasteiger partial charge in [0.2, 0.25) is 11.8 Å². The maximum absolute atomic E-state index is 13.4. The molecule has 0 bridgehead atoms. The first-order valence-electron chi connectivity index (χ1n) is 15.8. The topological polar surface area (TPSA) is 156 Å². The zero-order chi connectivity index (χ0) is 33.6. The summed E-state index contributed by atoms with van der Waals surface area (Å²) in [6.45, 7) is 9.17. The predicted molar refractivity (Wildman–Crippen MR) is 171 cm³/mol. The minimum absolute atomic E-state index is 0.0461. The quantitative estimate of drug-likeness (QED) is 0.279. The van der Waals surface area contributed by atoms with Gasteiger partial charge in [0, 0.05) is 56.7 Å². The Kier molecular flexibility index (Phi) is 10.7. The van der Waals surface area contributed by atoms with E-state index in [4.69, 9.17) is 23.7 Å². The van der Waals surface area contributed by atoms with Gasteiger partial charge in [0.25, 0.3) is 5.91 Å². The Balaban J connectivity index is 1.32. The molecule has 5 rings (SSSR count). The van der Waals surface area contributed by atoms with Crippen LogP contribution in [0.1, 0.15) is 63.7 Å². The Morgan fingerprint density at radius 3 is 2.47 bits per heavy atom. The van der Waals surface area contributed by atoms with Crippen LogP contribution >= 0.6 is 0 Å². The molecular weight excluding hydrogens is 608 g/mol. The van der Waals surface area contributed by atoms with Crippen molar-refractivity contribution in [2.24, 2.45) is 11.8 Å². The van der Waals surface area contributed by atoms with E-state index in [1.807, 2.05) is 6.92 Å². The van der Waals surface area contributed by atoms with Crippen molar-refractivity contribution >= 4 is 29.5 Å². The third-order valence-electron chi connectivity index (χ3n) is 7.38. The van der Waals surface area contributed by atoms with Crippen molar-refractivity contribution in [3.63, 3.8) is 0 Å². The van der Waals surface area contributed by atoms with E-state index in [0.717, 1.165) is 17.5 Å². The Morgan fingerprint density at radius 2 is 1.81 bits per heavy atom. The fourth-order valence-corrected chi connectivity index (χ4v) is 4.96. The van der Waals surface area contributed by atoms with Crippen LogP contribution in [0, 0.1) is 11.8 Å². The first kappa shape index (κ1) is 33.8. The van der Waals surface area contributed by atoms with Gasteiger partial charge in [-0.1, -0.05) is 0 Å². The zero-order valence-electron chi connectivity index (χ0n) is 27.4. The lowest BCUT2D eigenvalue weighted by Crippen LogP contribution is -2.40. The Morgan fingerprint density at radius 1 is 1.06 bits per heavy atom. The normalized spacial score (nSPS) is 15.9. The van der Waals surface area contributed by atoms with Gasteiger partial charge in [-0.3, -0.25) is 14.5 Å². The van der Waals surface area contributed by atoms with E-state index < -0.39 is 17.6 Å². The molecule has 2 amide bonds. The lowest BCUT2D eigenvalue weighted by Gasteiger charge is -2.28. The van der Waals surface area contributed by atoms with Gasteiger partial charge in [-0.2, -0.15) is 4.68 Å². The van der Waals surface area contributed by atoms with Gasteiger partial charge in [-0.05, 0) is 71.4 Å². The van der Waals surface area contributed by atoms with E-state index in [-0.39, 0.29) is 40.9 Å². The Labute approximate surface area is 273 Å². The summed E-state index contributed by atoms with van der Waals surface area (Å²) in [4.78, 5) is 49.8. The summed E-state index contributed by atoms with van der Waals surface area (Å²) in [7, 11) is 1.57. The molecule has 2 aliphatic rings. The highest BCUT2D eigenvalue weighted by molar-refractivity contribution is 6.04. The van der Waals surface area contributed by atoms with E-state index in [9.17, 15) is 14.4 Å². The molecular formula is C33H42N6O8. The van der Waals surface area contributed by atoms with Gasteiger partial charge in [-0.25, -0.2) is 14.8 Å². The summed E-state index contributed by atoms with van der Waals surface area (Å²) in [5.41, 5.74) is -0.497. The molecule has 1 saturated carbocycles. The summed E-state index contributed by atoms with van der Waals surface area (Å²) in [6.07, 6.45) is 6.96. The minimum atomic E-state index is -0.702. The maximum Gasteiger partial charge on any atom is 0.435 e. The number of carbonyl (C=O) groups excluding carboxylic acids is 3. The van der Waals surface area contributed by atoms with Gasteiger partial charge in [0.15, 0.2) is 11.6 Å². The van der Waals surface area contributed by atoms with Crippen LogP contribution in [0.3, 0.4) is 0 Å². The van der Waals surface area contributed by atoms with Crippen LogP contribution in [0.5, 0.6) is 17.4 Å². The molecule has 1 saturated heterocycles. The number of hydrogen-bond donors (Lipinski definition) is 1. The summed E-state index contributed by atoms with van der Waals surface area (Å²) >= 11 is 0. The van der Waals surface area contributed by atoms with E-state index in [0.29, 0.717) is 56.7 Å². The second-order valence-corrected chi connectivity index (χ2v) is 12.8. The summed E-state index contributed by atoms with van der Waals surface area (Å²) in [6, 6.07) is 6.20. The fourth-order valence-electron chi connectivity index (χ4n) is 4.96. The molecule has 0 spiro atoms. The largest absolute Gasteiger partial charge is 0.488 e. The number of benzene rings is 1. The van der Waals surface area contributed by atoms with Crippen LogP contribution in [-0.4, -0.2) is 82.8 Å². The molecule has 2 fully saturated rings. The van der Waals surface area contributed by atoms with Gasteiger partial charge in [0.1, 0.15) is 23.2 Å². The summed E-state index contributed by atoms with van der Waals surface area (Å²) < 4.78 is 29.0. The van der Waals surface area contributed by atoms with Crippen LogP contribution < -0.4 is 19.7 Å². The predicted octanol–water partition coefficient (Wildman–Crippen LogP) is 5.08. The molecule has 3 heterocycles. The van der Waals surface area contributed by atoms with Crippen LogP contribution in [0.4, 0.5) is 16.4 Å². The highest BCUT2D eigenvalue weighted by Crippen LogP contribution is 2.33. The van der Waals surface area contributed by atoms with Crippen molar-refractivity contribution in [2.45, 2.75) is 65.1 Å². The molecule has 1 N–H and O–H groups in total. The van der Waals surface area contributed by atoms with Crippen molar-refractivity contribution in [1.82, 2.24) is 19.7 Å². The lowest BCUT2D eigenvalue weighted by molar-refractivity contribution is -0.125. The van der Waals surface area contributed by atoms with Crippen molar-refractivity contribution in [2.75, 3.05) is 43.7 Å². The number of amides is 2. The highest BCUT2D eigenvalue weighted by Gasteiger charge is 2.33. The SMILES string of the molecule is COC[C@H](C)Oc1cc(Oc2cnc(N(CC3CC3)C(=O)C3CCOCC3)cn2)cc(C(=O)Nc2ccn(C(=O)OC(C)(C)C)n2)c1. The van der Waals surface area contributed by atoms with Crippen molar-refractivity contribution in [1.29, 1.82) is 0 Å². The number of nitrogens with zero attached hydrogens (tertiary/aromatic N) is 5. The van der Waals surface area contributed by atoms with E-state index in [2.05, 4.69) is 20.4 Å². The molecule has 14 heteroatoms. The third kappa shape index (κ3) is 9.72. The number of anilines is 2. The van der Waals surface area contributed by atoms with Crippen LogP contribution in [-0.2, 0) is 19.0 Å². The molecule has 1 aliphatic carbocycles. The Hall–Kier alpha value is -4.56. The summed E-state index contributed by atoms with van der Waals surface area (Å²) in [5, 5.41) is 6.79. The molecule has 47 heavy (non-hydrogen) atoms. The number of methoxy groups -OCH3 is 1. The van der Waals surface area contributed by atoms with Crippen LogP contribution in [0.2, 0.25) is 0 Å². The molecule has 1 atom stereocenters. The zero-order valence-corrected chi connectivity index (χ0v) is 27.4. The van der Waals surface area contributed by atoms with Crippen molar-refractivity contribution < 1.29 is 38.1 Å². The van der Waals surface area contributed by atoms with Crippen molar-refractivity contribution in [3.05, 3.63) is 48.4 Å². The number of rotatable bonds is 12. The third-order valence-corrected chi connectivity index (χ3v) is 7.38. The molecule has 1 aromatic carbocycles. The molecule has 0 unspecified atom stereocenters.